The summed E-state index contributed by atoms with van der Waals surface area (Å²) in [6.07, 6.45) is 3.07. The molecule has 0 spiro atoms. The van der Waals surface area contributed by atoms with Crippen LogP contribution in [-0.2, 0) is 0 Å². The number of thioether (sulfide) groups is 1. The Bertz CT molecular complexity index is 335. The molecule has 1 aromatic carbocycles. The molecule has 0 saturated carbocycles. The lowest BCUT2D eigenvalue weighted by Crippen LogP contribution is -2.22. The lowest BCUT2D eigenvalue weighted by atomic mass is 10.2. The van der Waals surface area contributed by atoms with E-state index in [1.54, 1.807) is 17.8 Å². The van der Waals surface area contributed by atoms with Gasteiger partial charge in [-0.05, 0) is 45.0 Å². The molecule has 0 aliphatic carbocycles. The molecule has 0 aliphatic rings. The molecular weight excluding hydrogens is 249 g/mol. The number of unbranched alkanes of at least 4 members (excludes halogenated alkanes) is 2. The van der Waals surface area contributed by atoms with Gasteiger partial charge in [0.2, 0.25) is 0 Å². The lowest BCUT2D eigenvalue weighted by molar-refractivity contribution is 0.275. The van der Waals surface area contributed by atoms with Gasteiger partial charge in [0.15, 0.2) is 0 Å². The van der Waals surface area contributed by atoms with Gasteiger partial charge < -0.3 is 10.0 Å². The molecule has 0 aromatic heterocycles. The van der Waals surface area contributed by atoms with E-state index in [2.05, 4.69) is 11.9 Å². The fraction of sp³-hybridized carbons (Fsp3) is 0.571. The smallest absolute Gasteiger partial charge is 0.136 e. The van der Waals surface area contributed by atoms with E-state index in [9.17, 15) is 4.39 Å². The first-order chi connectivity index (χ1) is 8.74. The van der Waals surface area contributed by atoms with Crippen LogP contribution in [0.25, 0.3) is 0 Å². The van der Waals surface area contributed by atoms with Crippen molar-refractivity contribution in [3.05, 3.63) is 30.1 Å². The van der Waals surface area contributed by atoms with E-state index >= 15 is 0 Å². The van der Waals surface area contributed by atoms with Crippen molar-refractivity contribution in [2.24, 2.45) is 0 Å². The van der Waals surface area contributed by atoms with Gasteiger partial charge in [0.25, 0.3) is 0 Å². The van der Waals surface area contributed by atoms with Crippen LogP contribution in [0, 0.1) is 5.82 Å². The maximum absolute atomic E-state index is 13.3. The van der Waals surface area contributed by atoms with Crippen LogP contribution < -0.4 is 0 Å². The maximum atomic E-state index is 13.3. The van der Waals surface area contributed by atoms with Gasteiger partial charge >= 0.3 is 0 Å². The number of hydrogen-bond acceptors (Lipinski definition) is 3. The van der Waals surface area contributed by atoms with Gasteiger partial charge in [-0.15, -0.1) is 11.8 Å². The number of benzene rings is 1. The fourth-order valence-corrected chi connectivity index (χ4v) is 2.66. The van der Waals surface area contributed by atoms with Crippen LogP contribution in [0.2, 0.25) is 0 Å². The number of nitrogens with zero attached hydrogens (tertiary/aromatic N) is 1. The predicted octanol–water partition coefficient (Wildman–Crippen LogP) is 3.01. The fourth-order valence-electron chi connectivity index (χ4n) is 1.66. The summed E-state index contributed by atoms with van der Waals surface area (Å²) in [5.74, 6) is 0.769. The molecule has 0 amide bonds. The molecule has 0 unspecified atom stereocenters. The van der Waals surface area contributed by atoms with Crippen molar-refractivity contribution in [1.29, 1.82) is 0 Å². The minimum atomic E-state index is -0.131. The molecule has 0 bridgehead atoms. The molecule has 1 aromatic rings. The second-order valence-corrected chi connectivity index (χ2v) is 5.50. The molecular formula is C14H22FNOS. The summed E-state index contributed by atoms with van der Waals surface area (Å²) in [6.45, 7) is 2.28. The Hall–Kier alpha value is -0.580. The molecule has 1 rings (SSSR count). The lowest BCUT2D eigenvalue weighted by Gasteiger charge is -2.16. The van der Waals surface area contributed by atoms with Crippen molar-refractivity contribution in [2.75, 3.05) is 32.5 Å². The molecule has 102 valence electrons. The van der Waals surface area contributed by atoms with Crippen LogP contribution in [-0.4, -0.2) is 42.5 Å². The highest BCUT2D eigenvalue weighted by Crippen LogP contribution is 2.20. The number of rotatable bonds is 9. The first-order valence-electron chi connectivity index (χ1n) is 6.41. The number of aliphatic hydroxyl groups excluding tert-OH is 1. The molecule has 2 nitrogen and oxygen atoms in total. The molecule has 0 saturated heterocycles. The molecule has 0 fully saturated rings. The SMILES string of the molecule is CN(CCCCCO)CCSc1ccccc1F. The topological polar surface area (TPSA) is 23.5 Å². The summed E-state index contributed by atoms with van der Waals surface area (Å²) in [5.41, 5.74) is 0. The Morgan fingerprint density at radius 1 is 1.17 bits per heavy atom. The number of hydrogen-bond donors (Lipinski definition) is 1. The molecule has 0 heterocycles. The van der Waals surface area contributed by atoms with Gasteiger partial charge in [-0.2, -0.15) is 0 Å². The van der Waals surface area contributed by atoms with E-state index < -0.39 is 0 Å². The van der Waals surface area contributed by atoms with Gasteiger partial charge in [0.05, 0.1) is 0 Å². The monoisotopic (exact) mass is 271 g/mol. The molecule has 0 aliphatic heterocycles. The highest BCUT2D eigenvalue weighted by Gasteiger charge is 2.02. The molecule has 0 radical (unpaired) electrons. The van der Waals surface area contributed by atoms with Crippen LogP contribution in [0.15, 0.2) is 29.2 Å². The third kappa shape index (κ3) is 6.38. The van der Waals surface area contributed by atoms with E-state index in [0.717, 1.165) is 43.0 Å². The summed E-state index contributed by atoms with van der Waals surface area (Å²) in [4.78, 5) is 2.98. The first kappa shape index (κ1) is 15.5. The Morgan fingerprint density at radius 3 is 2.67 bits per heavy atom. The van der Waals surface area contributed by atoms with Crippen molar-refractivity contribution >= 4 is 11.8 Å². The van der Waals surface area contributed by atoms with Crippen molar-refractivity contribution in [3.8, 4) is 0 Å². The van der Waals surface area contributed by atoms with Crippen LogP contribution in [0.3, 0.4) is 0 Å². The molecule has 0 atom stereocenters. The van der Waals surface area contributed by atoms with Gasteiger partial charge in [-0.25, -0.2) is 4.39 Å². The largest absolute Gasteiger partial charge is 0.396 e. The van der Waals surface area contributed by atoms with Gasteiger partial charge in [0, 0.05) is 23.8 Å². The van der Waals surface area contributed by atoms with E-state index in [4.69, 9.17) is 5.11 Å². The summed E-state index contributed by atoms with van der Waals surface area (Å²) in [7, 11) is 2.08. The quantitative estimate of drug-likeness (QED) is 0.552. The second-order valence-electron chi connectivity index (χ2n) is 4.37. The molecule has 1 N–H and O–H groups in total. The number of aliphatic hydroxyl groups is 1. The molecule has 4 heteroatoms. The van der Waals surface area contributed by atoms with Gasteiger partial charge in [0.1, 0.15) is 5.82 Å². The minimum absolute atomic E-state index is 0.131. The highest BCUT2D eigenvalue weighted by molar-refractivity contribution is 7.99. The van der Waals surface area contributed by atoms with Crippen molar-refractivity contribution in [2.45, 2.75) is 24.2 Å². The normalized spacial score (nSPS) is 11.1. The van der Waals surface area contributed by atoms with Crippen molar-refractivity contribution in [1.82, 2.24) is 4.90 Å². The Labute approximate surface area is 113 Å². The summed E-state index contributed by atoms with van der Waals surface area (Å²) >= 11 is 1.56. The zero-order chi connectivity index (χ0) is 13.2. The van der Waals surface area contributed by atoms with Crippen LogP contribution in [0.5, 0.6) is 0 Å². The van der Waals surface area contributed by atoms with Crippen LogP contribution in [0.4, 0.5) is 4.39 Å². The Morgan fingerprint density at radius 2 is 1.94 bits per heavy atom. The third-order valence-corrected chi connectivity index (χ3v) is 3.79. The van der Waals surface area contributed by atoms with Gasteiger partial charge in [-0.3, -0.25) is 0 Å². The average molecular weight is 271 g/mol. The first-order valence-corrected chi connectivity index (χ1v) is 7.39. The van der Waals surface area contributed by atoms with Crippen LogP contribution >= 0.6 is 11.8 Å². The standard InChI is InChI=1S/C14H22FNOS/c1-16(9-5-2-6-11-17)10-12-18-14-8-4-3-7-13(14)15/h3-4,7-8,17H,2,5-6,9-12H2,1H3. The van der Waals surface area contributed by atoms with Gasteiger partial charge in [-0.1, -0.05) is 12.1 Å². The van der Waals surface area contributed by atoms with Crippen molar-refractivity contribution in [3.63, 3.8) is 0 Å². The van der Waals surface area contributed by atoms with E-state index in [1.165, 1.54) is 6.07 Å². The van der Waals surface area contributed by atoms with E-state index in [-0.39, 0.29) is 12.4 Å². The summed E-state index contributed by atoms with van der Waals surface area (Å²) in [6, 6.07) is 6.90. The number of halogens is 1. The average Bonchev–Trinajstić information content (AvgIpc) is 2.37. The summed E-state index contributed by atoms with van der Waals surface area (Å²) in [5, 5.41) is 8.67. The van der Waals surface area contributed by atoms with E-state index in [1.807, 2.05) is 12.1 Å². The Kier molecular flexibility index (Phi) is 8.05. The zero-order valence-electron chi connectivity index (χ0n) is 10.9. The molecule has 18 heavy (non-hydrogen) atoms. The third-order valence-electron chi connectivity index (χ3n) is 2.77. The second kappa shape index (κ2) is 9.36. The van der Waals surface area contributed by atoms with E-state index in [0.29, 0.717) is 0 Å². The zero-order valence-corrected chi connectivity index (χ0v) is 11.8. The highest BCUT2D eigenvalue weighted by atomic mass is 32.2. The van der Waals surface area contributed by atoms with Crippen molar-refractivity contribution < 1.29 is 9.50 Å². The maximum Gasteiger partial charge on any atom is 0.136 e. The Balaban J connectivity index is 2.12. The predicted molar refractivity (Wildman–Crippen MR) is 75.6 cm³/mol. The van der Waals surface area contributed by atoms with Crippen LogP contribution in [0.1, 0.15) is 19.3 Å². The minimum Gasteiger partial charge on any atom is -0.396 e. The summed E-state index contributed by atoms with van der Waals surface area (Å²) < 4.78 is 13.3.